The zero-order chi connectivity index (χ0) is 14.7. The maximum atomic E-state index is 11.1. The zero-order valence-electron chi connectivity index (χ0n) is 11.1. The molecule has 8 heteroatoms. The van der Waals surface area contributed by atoms with Gasteiger partial charge in [0.2, 0.25) is 0 Å². The number of H-pyrrole nitrogens is 1. The first-order valence-corrected chi connectivity index (χ1v) is 6.35. The fourth-order valence-corrected chi connectivity index (χ4v) is 2.12. The predicted octanol–water partition coefficient (Wildman–Crippen LogP) is 2.47. The van der Waals surface area contributed by atoms with Crippen LogP contribution in [0.25, 0.3) is 11.4 Å². The minimum Gasteiger partial charge on any atom is -0.383 e. The van der Waals surface area contributed by atoms with Gasteiger partial charge in [-0.05, 0) is 30.8 Å². The molecule has 0 fully saturated rings. The summed E-state index contributed by atoms with van der Waals surface area (Å²) in [5.74, 6) is 0.447. The fraction of sp³-hybridized carbons (Fsp3) is 0.333. The average Bonchev–Trinajstić information content (AvgIpc) is 2.77. The van der Waals surface area contributed by atoms with Crippen molar-refractivity contribution in [2.75, 3.05) is 13.7 Å². The van der Waals surface area contributed by atoms with Gasteiger partial charge in [-0.3, -0.25) is 19.8 Å². The number of hydrogen-bond acceptors (Lipinski definition) is 5. The zero-order valence-corrected chi connectivity index (χ0v) is 11.9. The van der Waals surface area contributed by atoms with E-state index < -0.39 is 4.92 Å². The summed E-state index contributed by atoms with van der Waals surface area (Å²) in [6.07, 6.45) is 0. The maximum absolute atomic E-state index is 11.1. The van der Waals surface area contributed by atoms with Crippen molar-refractivity contribution < 1.29 is 9.66 Å². The third-order valence-electron chi connectivity index (χ3n) is 2.87. The van der Waals surface area contributed by atoms with Gasteiger partial charge in [0.25, 0.3) is 5.69 Å². The molecule has 0 spiro atoms. The Morgan fingerprint density at radius 1 is 1.55 bits per heavy atom. The van der Waals surface area contributed by atoms with Crippen LogP contribution in [0.15, 0.2) is 18.2 Å². The van der Waals surface area contributed by atoms with Crippen LogP contribution < -0.4 is 0 Å². The normalized spacial score (nSPS) is 10.7. The van der Waals surface area contributed by atoms with Crippen LogP contribution in [0.1, 0.15) is 5.56 Å². The number of aromatic amines is 1. The van der Waals surface area contributed by atoms with Crippen LogP contribution in [0.2, 0.25) is 0 Å². The van der Waals surface area contributed by atoms with Crippen LogP contribution in [0.5, 0.6) is 0 Å². The number of nitrogens with one attached hydrogen (secondary N) is 1. The largest absolute Gasteiger partial charge is 0.383 e. The quantitative estimate of drug-likeness (QED) is 0.520. The van der Waals surface area contributed by atoms with E-state index in [2.05, 4.69) is 10.2 Å². The molecule has 106 valence electrons. The van der Waals surface area contributed by atoms with Gasteiger partial charge in [-0.1, -0.05) is 6.07 Å². The Balaban J connectivity index is 2.59. The fourth-order valence-electron chi connectivity index (χ4n) is 1.90. The molecule has 0 aliphatic rings. The number of rotatable bonds is 5. The summed E-state index contributed by atoms with van der Waals surface area (Å²) in [6.45, 7) is 2.79. The van der Waals surface area contributed by atoms with Crippen molar-refractivity contribution >= 4 is 17.9 Å². The second-order valence-electron chi connectivity index (χ2n) is 4.27. The van der Waals surface area contributed by atoms with Gasteiger partial charge in [-0.15, -0.1) is 0 Å². The Morgan fingerprint density at radius 2 is 2.30 bits per heavy atom. The van der Waals surface area contributed by atoms with Crippen molar-refractivity contribution in [3.8, 4) is 11.4 Å². The molecule has 2 aromatic rings. The molecule has 7 nitrogen and oxygen atoms in total. The Morgan fingerprint density at radius 3 is 2.95 bits per heavy atom. The maximum Gasteiger partial charge on any atom is 0.280 e. The van der Waals surface area contributed by atoms with Crippen LogP contribution in [0.4, 0.5) is 5.69 Å². The van der Waals surface area contributed by atoms with E-state index in [4.69, 9.17) is 17.0 Å². The smallest absolute Gasteiger partial charge is 0.280 e. The lowest BCUT2D eigenvalue weighted by molar-refractivity contribution is -0.384. The lowest BCUT2D eigenvalue weighted by Gasteiger charge is -2.07. The molecule has 0 unspecified atom stereocenters. The molecule has 0 bridgehead atoms. The Hall–Kier alpha value is -2.06. The lowest BCUT2D eigenvalue weighted by atomic mass is 10.1. The van der Waals surface area contributed by atoms with Crippen LogP contribution in [0, 0.1) is 21.8 Å². The van der Waals surface area contributed by atoms with Gasteiger partial charge in [0, 0.05) is 13.2 Å². The molecule has 0 aliphatic heterocycles. The monoisotopic (exact) mass is 294 g/mol. The molecule has 1 aromatic heterocycles. The lowest BCUT2D eigenvalue weighted by Crippen LogP contribution is -2.07. The summed E-state index contributed by atoms with van der Waals surface area (Å²) < 4.78 is 7.12. The highest BCUT2D eigenvalue weighted by Crippen LogP contribution is 2.29. The van der Waals surface area contributed by atoms with Gasteiger partial charge in [0.1, 0.15) is 0 Å². The van der Waals surface area contributed by atoms with E-state index in [0.29, 0.717) is 29.3 Å². The van der Waals surface area contributed by atoms with Gasteiger partial charge in [-0.2, -0.15) is 5.10 Å². The van der Waals surface area contributed by atoms with Crippen LogP contribution in [0.3, 0.4) is 0 Å². The molecule has 0 aliphatic carbocycles. The van der Waals surface area contributed by atoms with Crippen molar-refractivity contribution in [2.45, 2.75) is 13.5 Å². The molecule has 1 heterocycles. The van der Waals surface area contributed by atoms with Crippen molar-refractivity contribution in [1.29, 1.82) is 0 Å². The van der Waals surface area contributed by atoms with E-state index in [1.54, 1.807) is 23.8 Å². The second kappa shape index (κ2) is 5.93. The predicted molar refractivity (Wildman–Crippen MR) is 76.1 cm³/mol. The Labute approximate surface area is 120 Å². The molecule has 1 aromatic carbocycles. The number of aryl methyl sites for hydroxylation is 1. The number of benzene rings is 1. The van der Waals surface area contributed by atoms with Crippen LogP contribution >= 0.6 is 12.2 Å². The number of nitro benzene ring substituents is 1. The molecule has 2 rings (SSSR count). The first-order valence-electron chi connectivity index (χ1n) is 5.94. The molecule has 20 heavy (non-hydrogen) atoms. The average molecular weight is 294 g/mol. The van der Waals surface area contributed by atoms with E-state index in [-0.39, 0.29) is 5.69 Å². The van der Waals surface area contributed by atoms with Crippen molar-refractivity contribution in [3.05, 3.63) is 38.6 Å². The molecule has 0 amide bonds. The van der Waals surface area contributed by atoms with Gasteiger partial charge in [-0.25, -0.2) is 0 Å². The van der Waals surface area contributed by atoms with Crippen molar-refractivity contribution in [1.82, 2.24) is 14.8 Å². The molecule has 0 saturated heterocycles. The topological polar surface area (TPSA) is 86.0 Å². The number of methoxy groups -OCH3 is 1. The van der Waals surface area contributed by atoms with E-state index in [9.17, 15) is 10.1 Å². The highest BCUT2D eigenvalue weighted by Gasteiger charge is 2.20. The molecular formula is C12H14N4O3S. The van der Waals surface area contributed by atoms with Crippen molar-refractivity contribution in [2.24, 2.45) is 0 Å². The number of hydrogen-bond donors (Lipinski definition) is 1. The third kappa shape index (κ3) is 2.75. The van der Waals surface area contributed by atoms with Gasteiger partial charge < -0.3 is 4.74 Å². The number of nitro groups is 1. The van der Waals surface area contributed by atoms with Gasteiger partial charge in [0.15, 0.2) is 10.6 Å². The summed E-state index contributed by atoms with van der Waals surface area (Å²) in [4.78, 5) is 10.7. The standard InChI is InChI=1S/C12H14N4O3S/c1-8-3-4-10(16(17)18)9(7-8)11-13-14-12(20)15(11)5-6-19-2/h3-4,7H,5-6H2,1-2H3,(H,14,20). The minimum absolute atomic E-state index is 0.00302. The highest BCUT2D eigenvalue weighted by atomic mass is 32.1. The summed E-state index contributed by atoms with van der Waals surface area (Å²) >= 11 is 5.15. The Bertz CT molecular complexity index is 692. The van der Waals surface area contributed by atoms with E-state index >= 15 is 0 Å². The van der Waals surface area contributed by atoms with Crippen LogP contribution in [-0.2, 0) is 11.3 Å². The minimum atomic E-state index is -0.423. The first kappa shape index (κ1) is 14.4. The third-order valence-corrected chi connectivity index (χ3v) is 3.18. The molecule has 0 saturated carbocycles. The van der Waals surface area contributed by atoms with Gasteiger partial charge >= 0.3 is 0 Å². The number of aromatic nitrogens is 3. The van der Waals surface area contributed by atoms with E-state index in [1.807, 2.05) is 6.92 Å². The number of nitrogens with zero attached hydrogens (tertiary/aromatic N) is 3. The first-order chi connectivity index (χ1) is 9.54. The highest BCUT2D eigenvalue weighted by molar-refractivity contribution is 7.71. The van der Waals surface area contributed by atoms with Crippen LogP contribution in [-0.4, -0.2) is 33.4 Å². The van der Waals surface area contributed by atoms with Gasteiger partial charge in [0.05, 0.1) is 23.6 Å². The SMILES string of the molecule is COCCn1c(-c2cc(C)ccc2[N+](=O)[O-])n[nH]c1=S. The summed E-state index contributed by atoms with van der Waals surface area (Å²) in [5, 5.41) is 17.9. The number of ether oxygens (including phenoxy) is 1. The summed E-state index contributed by atoms with van der Waals surface area (Å²) in [6, 6.07) is 4.90. The molecular weight excluding hydrogens is 280 g/mol. The second-order valence-corrected chi connectivity index (χ2v) is 4.66. The van der Waals surface area contributed by atoms with Crippen molar-refractivity contribution in [3.63, 3.8) is 0 Å². The summed E-state index contributed by atoms with van der Waals surface area (Å²) in [7, 11) is 1.58. The molecule has 1 N–H and O–H groups in total. The Kier molecular flexibility index (Phi) is 4.26. The van der Waals surface area contributed by atoms with E-state index in [1.165, 1.54) is 6.07 Å². The molecule has 0 atom stereocenters. The summed E-state index contributed by atoms with van der Waals surface area (Å²) in [5.41, 5.74) is 1.36. The van der Waals surface area contributed by atoms with E-state index in [0.717, 1.165) is 5.56 Å². The molecule has 0 radical (unpaired) electrons.